The fraction of sp³-hybridized carbons (Fsp3) is 0.357. The van der Waals surface area contributed by atoms with Gasteiger partial charge in [0.05, 0.1) is 22.0 Å². The van der Waals surface area contributed by atoms with Crippen LogP contribution in [0.2, 0.25) is 10.0 Å². The highest BCUT2D eigenvalue weighted by molar-refractivity contribution is 6.42. The lowest BCUT2D eigenvalue weighted by molar-refractivity contribution is -0.146. The molecule has 0 fully saturated rings. The number of hydrogen-bond acceptors (Lipinski definition) is 3. The van der Waals surface area contributed by atoms with E-state index in [9.17, 15) is 9.59 Å². The Morgan fingerprint density at radius 2 is 2.09 bits per heavy atom. The largest absolute Gasteiger partial charge is 0.464 e. The second-order valence-corrected chi connectivity index (χ2v) is 5.88. The standard InChI is InChI=1S/C14H13Cl3N2O3/c1-7-11(13(20)22-5-4-15)12(19-14(21)18-7)8-2-3-9(16)10(17)6-8/h2-3,6,11-12H,4-5H2,1H3,(H,19,21). The van der Waals surface area contributed by atoms with Crippen molar-refractivity contribution in [3.63, 3.8) is 0 Å². The van der Waals surface area contributed by atoms with Gasteiger partial charge in [-0.2, -0.15) is 0 Å². The third kappa shape index (κ3) is 3.72. The number of carbonyl (C=O) groups excluding carboxylic acids is 2. The Morgan fingerprint density at radius 1 is 1.36 bits per heavy atom. The number of halogens is 3. The Balaban J connectivity index is 2.36. The summed E-state index contributed by atoms with van der Waals surface area (Å²) < 4.78 is 5.08. The number of alkyl halides is 1. The maximum absolute atomic E-state index is 12.2. The van der Waals surface area contributed by atoms with Gasteiger partial charge in [-0.3, -0.25) is 4.79 Å². The molecule has 1 heterocycles. The molecule has 1 N–H and O–H groups in total. The van der Waals surface area contributed by atoms with Crippen molar-refractivity contribution in [2.75, 3.05) is 12.5 Å². The predicted molar refractivity (Wildman–Crippen MR) is 86.0 cm³/mol. The van der Waals surface area contributed by atoms with Crippen LogP contribution in [0.25, 0.3) is 0 Å². The zero-order chi connectivity index (χ0) is 16.3. The van der Waals surface area contributed by atoms with Crippen molar-refractivity contribution >= 4 is 52.5 Å². The van der Waals surface area contributed by atoms with E-state index < -0.39 is 24.0 Å². The highest BCUT2D eigenvalue weighted by Crippen LogP contribution is 2.32. The molecule has 0 aromatic heterocycles. The lowest BCUT2D eigenvalue weighted by Gasteiger charge is -2.29. The van der Waals surface area contributed by atoms with Gasteiger partial charge in [-0.1, -0.05) is 29.3 Å². The molecule has 1 aromatic rings. The highest BCUT2D eigenvalue weighted by Gasteiger charge is 2.38. The monoisotopic (exact) mass is 362 g/mol. The predicted octanol–water partition coefficient (Wildman–Crippen LogP) is 3.62. The molecule has 0 saturated heterocycles. The first kappa shape index (κ1) is 17.1. The lowest BCUT2D eigenvalue weighted by Crippen LogP contribution is -2.44. The first-order valence-electron chi connectivity index (χ1n) is 6.47. The van der Waals surface area contributed by atoms with E-state index in [0.717, 1.165) is 0 Å². The van der Waals surface area contributed by atoms with Gasteiger partial charge in [0.15, 0.2) is 0 Å². The SMILES string of the molecule is CC1=NC(=O)NC(c2ccc(Cl)c(Cl)c2)C1C(=O)OCCCl. The number of aliphatic imine (C=N–C) groups is 1. The molecule has 0 spiro atoms. The topological polar surface area (TPSA) is 67.8 Å². The number of amides is 2. The summed E-state index contributed by atoms with van der Waals surface area (Å²) in [6, 6.07) is 3.76. The van der Waals surface area contributed by atoms with Crippen LogP contribution < -0.4 is 5.32 Å². The van der Waals surface area contributed by atoms with Crippen LogP contribution >= 0.6 is 34.8 Å². The Labute approximate surface area is 142 Å². The molecule has 2 rings (SSSR count). The van der Waals surface area contributed by atoms with E-state index >= 15 is 0 Å². The van der Waals surface area contributed by atoms with Crippen LogP contribution in [0.1, 0.15) is 18.5 Å². The normalized spacial score (nSPS) is 21.1. The quantitative estimate of drug-likeness (QED) is 0.656. The number of hydrogen-bond donors (Lipinski definition) is 1. The van der Waals surface area contributed by atoms with Crippen molar-refractivity contribution in [1.82, 2.24) is 5.32 Å². The van der Waals surface area contributed by atoms with Crippen molar-refractivity contribution in [3.8, 4) is 0 Å². The Morgan fingerprint density at radius 3 is 2.73 bits per heavy atom. The Bertz CT molecular complexity index is 634. The van der Waals surface area contributed by atoms with E-state index in [0.29, 0.717) is 21.3 Å². The summed E-state index contributed by atoms with van der Waals surface area (Å²) in [5.41, 5.74) is 1.02. The third-order valence-electron chi connectivity index (χ3n) is 3.22. The first-order valence-corrected chi connectivity index (χ1v) is 7.76. The molecule has 0 radical (unpaired) electrons. The van der Waals surface area contributed by atoms with Crippen molar-refractivity contribution in [2.45, 2.75) is 13.0 Å². The van der Waals surface area contributed by atoms with E-state index in [1.54, 1.807) is 25.1 Å². The maximum Gasteiger partial charge on any atom is 0.341 e. The Hall–Kier alpha value is -1.30. The number of benzene rings is 1. The number of urea groups is 1. The molecule has 2 atom stereocenters. The average molecular weight is 364 g/mol. The van der Waals surface area contributed by atoms with Gasteiger partial charge in [0.1, 0.15) is 12.5 Å². The molecular formula is C14H13Cl3N2O3. The van der Waals surface area contributed by atoms with E-state index in [4.69, 9.17) is 39.5 Å². The minimum atomic E-state index is -0.738. The van der Waals surface area contributed by atoms with Crippen molar-refractivity contribution < 1.29 is 14.3 Å². The zero-order valence-electron chi connectivity index (χ0n) is 11.6. The van der Waals surface area contributed by atoms with Gasteiger partial charge < -0.3 is 10.1 Å². The average Bonchev–Trinajstić information content (AvgIpc) is 2.46. The number of nitrogens with zero attached hydrogens (tertiary/aromatic N) is 1. The molecule has 2 amide bonds. The molecule has 22 heavy (non-hydrogen) atoms. The Kier molecular flexibility index (Phi) is 5.67. The molecule has 118 valence electrons. The van der Waals surface area contributed by atoms with E-state index in [1.807, 2.05) is 0 Å². The summed E-state index contributed by atoms with van der Waals surface area (Å²) in [6.45, 7) is 1.70. The summed E-state index contributed by atoms with van der Waals surface area (Å²) >= 11 is 17.4. The van der Waals surface area contributed by atoms with Crippen LogP contribution in [0.3, 0.4) is 0 Å². The summed E-state index contributed by atoms with van der Waals surface area (Å²) in [5, 5.41) is 3.38. The number of nitrogens with one attached hydrogen (secondary N) is 1. The van der Waals surface area contributed by atoms with Crippen molar-refractivity contribution in [2.24, 2.45) is 10.9 Å². The molecule has 2 unspecified atom stereocenters. The van der Waals surface area contributed by atoms with E-state index in [1.165, 1.54) is 0 Å². The minimum Gasteiger partial charge on any atom is -0.464 e. The van der Waals surface area contributed by atoms with Crippen LogP contribution in [0.15, 0.2) is 23.2 Å². The van der Waals surface area contributed by atoms with Gasteiger partial charge in [0, 0.05) is 5.71 Å². The molecule has 5 nitrogen and oxygen atoms in total. The summed E-state index contributed by atoms with van der Waals surface area (Å²) in [6.07, 6.45) is 0. The van der Waals surface area contributed by atoms with Gasteiger partial charge in [0.2, 0.25) is 0 Å². The van der Waals surface area contributed by atoms with E-state index in [2.05, 4.69) is 10.3 Å². The second kappa shape index (κ2) is 7.31. The molecule has 0 saturated carbocycles. The molecule has 0 aliphatic carbocycles. The highest BCUT2D eigenvalue weighted by atomic mass is 35.5. The third-order valence-corrected chi connectivity index (χ3v) is 4.11. The fourth-order valence-corrected chi connectivity index (χ4v) is 2.62. The van der Waals surface area contributed by atoms with Crippen LogP contribution in [-0.4, -0.2) is 30.2 Å². The van der Waals surface area contributed by atoms with Gasteiger partial charge in [-0.05, 0) is 24.6 Å². The molecular weight excluding hydrogens is 351 g/mol. The van der Waals surface area contributed by atoms with Gasteiger partial charge in [-0.25, -0.2) is 9.79 Å². The maximum atomic E-state index is 12.2. The van der Waals surface area contributed by atoms with Gasteiger partial charge >= 0.3 is 12.0 Å². The first-order chi connectivity index (χ1) is 10.4. The van der Waals surface area contributed by atoms with Crippen molar-refractivity contribution in [3.05, 3.63) is 33.8 Å². The molecule has 1 aromatic carbocycles. The molecule has 0 bridgehead atoms. The van der Waals surface area contributed by atoms with Crippen LogP contribution in [0, 0.1) is 5.92 Å². The van der Waals surface area contributed by atoms with Crippen LogP contribution in [0.5, 0.6) is 0 Å². The minimum absolute atomic E-state index is 0.0895. The van der Waals surface area contributed by atoms with Crippen LogP contribution in [0.4, 0.5) is 4.79 Å². The number of rotatable bonds is 4. The summed E-state index contributed by atoms with van der Waals surface area (Å²) in [4.78, 5) is 27.7. The molecule has 1 aliphatic rings. The van der Waals surface area contributed by atoms with Gasteiger partial charge in [-0.15, -0.1) is 11.6 Å². The second-order valence-electron chi connectivity index (χ2n) is 4.69. The number of carbonyl (C=O) groups is 2. The summed E-state index contributed by atoms with van der Waals surface area (Å²) in [7, 11) is 0. The van der Waals surface area contributed by atoms with Gasteiger partial charge in [0.25, 0.3) is 0 Å². The zero-order valence-corrected chi connectivity index (χ0v) is 13.9. The lowest BCUT2D eigenvalue weighted by atomic mass is 9.88. The number of esters is 1. The van der Waals surface area contributed by atoms with E-state index in [-0.39, 0.29) is 12.5 Å². The summed E-state index contributed by atoms with van der Waals surface area (Å²) in [5.74, 6) is -1.05. The van der Waals surface area contributed by atoms with Crippen LogP contribution in [-0.2, 0) is 9.53 Å². The van der Waals surface area contributed by atoms with Crippen molar-refractivity contribution in [1.29, 1.82) is 0 Å². The smallest absolute Gasteiger partial charge is 0.341 e. The fourth-order valence-electron chi connectivity index (χ4n) is 2.24. The molecule has 8 heteroatoms. The number of ether oxygens (including phenoxy) is 1. The molecule has 1 aliphatic heterocycles.